The highest BCUT2D eigenvalue weighted by Gasteiger charge is 2.25. The Morgan fingerprint density at radius 2 is 2.29 bits per heavy atom. The highest BCUT2D eigenvalue weighted by Crippen LogP contribution is 2.31. The number of carbonyl (C=O) groups is 2. The van der Waals surface area contributed by atoms with Crippen LogP contribution in [-0.4, -0.2) is 24.9 Å². The van der Waals surface area contributed by atoms with Crippen molar-refractivity contribution in [1.29, 1.82) is 0 Å². The van der Waals surface area contributed by atoms with Gasteiger partial charge in [-0.25, -0.2) is 0 Å². The normalized spacial score (nSPS) is 14.6. The first kappa shape index (κ1) is 11.9. The first-order valence-corrected chi connectivity index (χ1v) is 5.95. The molecule has 0 fully saturated rings. The van der Waals surface area contributed by atoms with Crippen LogP contribution >= 0.6 is 15.9 Å². The van der Waals surface area contributed by atoms with Gasteiger partial charge in [-0.05, 0) is 34.1 Å². The summed E-state index contributed by atoms with van der Waals surface area (Å²) in [5.41, 5.74) is 1.10. The van der Waals surface area contributed by atoms with Gasteiger partial charge in [-0.2, -0.15) is 0 Å². The molecule has 0 saturated carbocycles. The van der Waals surface area contributed by atoms with Crippen molar-refractivity contribution in [1.82, 2.24) is 5.32 Å². The van der Waals surface area contributed by atoms with E-state index in [9.17, 15) is 9.59 Å². The van der Waals surface area contributed by atoms with Crippen LogP contribution in [0.15, 0.2) is 35.3 Å². The lowest BCUT2D eigenvalue weighted by Gasteiger charge is -2.21. The predicted octanol–water partition coefficient (Wildman–Crippen LogP) is 1.71. The molecule has 1 aromatic rings. The van der Waals surface area contributed by atoms with Crippen molar-refractivity contribution in [2.45, 2.75) is 0 Å². The molecule has 17 heavy (non-hydrogen) atoms. The van der Waals surface area contributed by atoms with Gasteiger partial charge < -0.3 is 10.2 Å². The third-order valence-corrected chi connectivity index (χ3v) is 3.20. The Morgan fingerprint density at radius 1 is 1.53 bits per heavy atom. The number of nitrogens with zero attached hydrogens (tertiary/aromatic N) is 1. The molecule has 1 heterocycles. The summed E-state index contributed by atoms with van der Waals surface area (Å²) < 4.78 is 0.724. The van der Waals surface area contributed by atoms with Gasteiger partial charge in [0.25, 0.3) is 5.91 Å². The summed E-state index contributed by atoms with van der Waals surface area (Å²) in [5, 5.41) is 2.75. The van der Waals surface area contributed by atoms with E-state index in [1.165, 1.54) is 6.08 Å². The summed E-state index contributed by atoms with van der Waals surface area (Å²) in [6, 6.07) is 5.27. The lowest BCUT2D eigenvalue weighted by molar-refractivity contribution is -0.114. The maximum atomic E-state index is 11.8. The zero-order chi connectivity index (χ0) is 12.4. The van der Waals surface area contributed by atoms with Gasteiger partial charge in [-0.3, -0.25) is 9.59 Å². The van der Waals surface area contributed by atoms with E-state index >= 15 is 0 Å². The molecule has 4 nitrogen and oxygen atoms in total. The van der Waals surface area contributed by atoms with Crippen LogP contribution in [0, 0.1) is 0 Å². The van der Waals surface area contributed by atoms with Gasteiger partial charge in [0.1, 0.15) is 0 Å². The van der Waals surface area contributed by atoms with Crippen molar-refractivity contribution in [2.75, 3.05) is 18.0 Å². The van der Waals surface area contributed by atoms with Crippen molar-refractivity contribution in [3.05, 3.63) is 40.9 Å². The molecule has 0 atom stereocenters. The smallest absolute Gasteiger partial charge is 0.253 e. The Hall–Kier alpha value is -1.62. The number of anilines is 1. The van der Waals surface area contributed by atoms with E-state index < -0.39 is 0 Å². The second-order valence-electron chi connectivity index (χ2n) is 3.59. The van der Waals surface area contributed by atoms with E-state index in [-0.39, 0.29) is 11.8 Å². The van der Waals surface area contributed by atoms with Crippen molar-refractivity contribution in [2.24, 2.45) is 0 Å². The molecule has 2 amide bonds. The Kier molecular flexibility index (Phi) is 3.28. The minimum absolute atomic E-state index is 0.166. The van der Waals surface area contributed by atoms with Gasteiger partial charge in [0.15, 0.2) is 0 Å². The Labute approximate surface area is 107 Å². The predicted molar refractivity (Wildman–Crippen MR) is 69.0 cm³/mol. The molecule has 1 aliphatic heterocycles. The van der Waals surface area contributed by atoms with Gasteiger partial charge in [-0.1, -0.05) is 12.6 Å². The molecule has 1 aromatic carbocycles. The zero-order valence-electron chi connectivity index (χ0n) is 9.07. The number of rotatable bonds is 1. The van der Waals surface area contributed by atoms with Crippen LogP contribution in [0.2, 0.25) is 0 Å². The molecule has 5 heteroatoms. The van der Waals surface area contributed by atoms with Crippen molar-refractivity contribution < 1.29 is 9.59 Å². The quantitative estimate of drug-likeness (QED) is 0.802. The summed E-state index contributed by atoms with van der Waals surface area (Å²) in [7, 11) is 0. The highest BCUT2D eigenvalue weighted by atomic mass is 79.9. The summed E-state index contributed by atoms with van der Waals surface area (Å²) in [5.74, 6) is -0.379. The van der Waals surface area contributed by atoms with Gasteiger partial charge in [-0.15, -0.1) is 0 Å². The molecule has 88 valence electrons. The first-order valence-electron chi connectivity index (χ1n) is 5.16. The second kappa shape index (κ2) is 4.71. The fourth-order valence-electron chi connectivity index (χ4n) is 1.79. The van der Waals surface area contributed by atoms with Gasteiger partial charge >= 0.3 is 0 Å². The minimum atomic E-state index is -0.213. The van der Waals surface area contributed by atoms with Crippen LogP contribution < -0.4 is 10.2 Å². The topological polar surface area (TPSA) is 49.4 Å². The number of para-hydroxylation sites is 1. The molecule has 0 bridgehead atoms. The number of hydrogen-bond acceptors (Lipinski definition) is 2. The molecule has 0 saturated heterocycles. The molecule has 0 aromatic heterocycles. The fourth-order valence-corrected chi connectivity index (χ4v) is 2.37. The maximum absolute atomic E-state index is 11.8. The largest absolute Gasteiger partial charge is 0.350 e. The summed E-state index contributed by atoms with van der Waals surface area (Å²) in [6.07, 6.45) is 1.25. The monoisotopic (exact) mass is 294 g/mol. The molecule has 2 rings (SSSR count). The molecular weight excluding hydrogens is 284 g/mol. The average Bonchev–Trinajstić information content (AvgIpc) is 2.50. The molecule has 0 spiro atoms. The third kappa shape index (κ3) is 2.10. The van der Waals surface area contributed by atoms with Crippen LogP contribution in [0.4, 0.5) is 5.69 Å². The Bertz CT molecular complexity index is 499. The molecule has 1 N–H and O–H groups in total. The first-order chi connectivity index (χ1) is 8.15. The number of halogens is 1. The standard InChI is InChI=1S/C12H11BrN2O2/c1-2-10(16)15-7-6-14-12(17)8-4-3-5-9(13)11(8)15/h2-5H,1,6-7H2,(H,14,17). The van der Waals surface area contributed by atoms with Crippen molar-refractivity contribution in [3.63, 3.8) is 0 Å². The summed E-state index contributed by atoms with van der Waals surface area (Å²) in [6.45, 7) is 4.34. The number of nitrogens with one attached hydrogen (secondary N) is 1. The number of fused-ring (bicyclic) bond motifs is 1. The van der Waals surface area contributed by atoms with E-state index in [2.05, 4.69) is 27.8 Å². The number of carbonyl (C=O) groups excluding carboxylic acids is 2. The van der Waals surface area contributed by atoms with Crippen LogP contribution in [0.25, 0.3) is 0 Å². The zero-order valence-corrected chi connectivity index (χ0v) is 10.7. The van der Waals surface area contributed by atoms with Crippen LogP contribution in [0.5, 0.6) is 0 Å². The minimum Gasteiger partial charge on any atom is -0.350 e. The van der Waals surface area contributed by atoms with Crippen LogP contribution in [0.1, 0.15) is 10.4 Å². The third-order valence-electron chi connectivity index (χ3n) is 2.56. The van der Waals surface area contributed by atoms with E-state index in [1.54, 1.807) is 23.1 Å². The van der Waals surface area contributed by atoms with Gasteiger partial charge in [0.05, 0.1) is 11.3 Å². The summed E-state index contributed by atoms with van der Waals surface area (Å²) >= 11 is 3.37. The second-order valence-corrected chi connectivity index (χ2v) is 4.44. The maximum Gasteiger partial charge on any atom is 0.253 e. The lowest BCUT2D eigenvalue weighted by atomic mass is 10.1. The molecular formula is C12H11BrN2O2. The fraction of sp³-hybridized carbons (Fsp3) is 0.167. The van der Waals surface area contributed by atoms with E-state index in [0.717, 1.165) is 4.47 Å². The Morgan fingerprint density at radius 3 is 3.00 bits per heavy atom. The molecule has 0 aliphatic carbocycles. The molecule has 0 unspecified atom stereocenters. The van der Waals surface area contributed by atoms with E-state index in [4.69, 9.17) is 0 Å². The van der Waals surface area contributed by atoms with E-state index in [1.807, 2.05) is 0 Å². The molecule has 0 radical (unpaired) electrons. The summed E-state index contributed by atoms with van der Waals surface area (Å²) in [4.78, 5) is 25.2. The van der Waals surface area contributed by atoms with Crippen molar-refractivity contribution >= 4 is 33.4 Å². The average molecular weight is 295 g/mol. The van der Waals surface area contributed by atoms with E-state index in [0.29, 0.717) is 24.3 Å². The number of hydrogen-bond donors (Lipinski definition) is 1. The van der Waals surface area contributed by atoms with Crippen LogP contribution in [0.3, 0.4) is 0 Å². The van der Waals surface area contributed by atoms with Crippen LogP contribution in [-0.2, 0) is 4.79 Å². The number of amides is 2. The Balaban J connectivity index is 2.60. The SMILES string of the molecule is C=CC(=O)N1CCNC(=O)c2cccc(Br)c21. The lowest BCUT2D eigenvalue weighted by Crippen LogP contribution is -2.34. The van der Waals surface area contributed by atoms with Gasteiger partial charge in [0.2, 0.25) is 5.91 Å². The van der Waals surface area contributed by atoms with Gasteiger partial charge in [0, 0.05) is 17.6 Å². The highest BCUT2D eigenvalue weighted by molar-refractivity contribution is 9.10. The number of benzene rings is 1. The van der Waals surface area contributed by atoms with Crippen molar-refractivity contribution in [3.8, 4) is 0 Å². The molecule has 1 aliphatic rings.